The lowest BCUT2D eigenvalue weighted by Crippen LogP contribution is -2.21. The summed E-state index contributed by atoms with van der Waals surface area (Å²) in [7, 11) is 0. The Bertz CT molecular complexity index is 297. The number of aliphatic hydroxyl groups excluding tert-OH is 1. The maximum absolute atomic E-state index is 8.97. The minimum absolute atomic E-state index is 0.224. The van der Waals surface area contributed by atoms with E-state index in [1.54, 1.807) is 11.8 Å². The van der Waals surface area contributed by atoms with Crippen LogP contribution in [0.15, 0.2) is 29.2 Å². The van der Waals surface area contributed by atoms with Crippen molar-refractivity contribution in [3.05, 3.63) is 29.8 Å². The molecule has 0 aliphatic heterocycles. The molecule has 1 atom stereocenters. The molecule has 0 fully saturated rings. The van der Waals surface area contributed by atoms with Gasteiger partial charge in [-0.05, 0) is 17.7 Å². The van der Waals surface area contributed by atoms with Crippen molar-refractivity contribution in [3.63, 3.8) is 0 Å². The first-order chi connectivity index (χ1) is 7.61. The lowest BCUT2D eigenvalue weighted by molar-refractivity contribution is 0.300. The van der Waals surface area contributed by atoms with Crippen LogP contribution in [0.4, 0.5) is 0 Å². The van der Waals surface area contributed by atoms with E-state index >= 15 is 0 Å². The molecule has 1 aromatic rings. The molecular formula is C13H21NOS. The van der Waals surface area contributed by atoms with Crippen LogP contribution in [0.3, 0.4) is 0 Å². The van der Waals surface area contributed by atoms with Gasteiger partial charge in [0, 0.05) is 22.7 Å². The summed E-state index contributed by atoms with van der Waals surface area (Å²) in [5.74, 6) is 0. The van der Waals surface area contributed by atoms with Crippen LogP contribution < -0.4 is 5.32 Å². The van der Waals surface area contributed by atoms with Gasteiger partial charge < -0.3 is 10.4 Å². The average Bonchev–Trinajstić information content (AvgIpc) is 2.28. The number of thioether (sulfide) groups is 1. The van der Waals surface area contributed by atoms with E-state index < -0.39 is 0 Å². The topological polar surface area (TPSA) is 32.3 Å². The summed E-state index contributed by atoms with van der Waals surface area (Å²) >= 11 is 1.71. The molecule has 0 aromatic heterocycles. The summed E-state index contributed by atoms with van der Waals surface area (Å²) in [5.41, 5.74) is 1.30. The molecule has 3 heteroatoms. The Labute approximate surface area is 102 Å². The molecule has 0 aliphatic carbocycles. The van der Waals surface area contributed by atoms with Crippen molar-refractivity contribution in [2.75, 3.05) is 6.61 Å². The zero-order valence-corrected chi connectivity index (χ0v) is 11.1. The predicted molar refractivity (Wildman–Crippen MR) is 70.8 cm³/mol. The van der Waals surface area contributed by atoms with E-state index in [1.165, 1.54) is 10.5 Å². The van der Waals surface area contributed by atoms with Gasteiger partial charge in [-0.1, -0.05) is 32.9 Å². The first-order valence-corrected chi connectivity index (χ1v) is 6.59. The molecule has 0 bridgehead atoms. The summed E-state index contributed by atoms with van der Waals surface area (Å²) in [4.78, 5) is 1.22. The Morgan fingerprint density at radius 3 is 2.31 bits per heavy atom. The van der Waals surface area contributed by atoms with Crippen LogP contribution in [-0.4, -0.2) is 23.0 Å². The second-order valence-electron chi connectivity index (χ2n) is 4.29. The fraction of sp³-hybridized carbons (Fsp3) is 0.538. The standard InChI is InChI=1S/C13H21NOS/c1-10(2)14-8-12-4-6-13(7-5-12)16-11(3)9-15/h4-7,10-11,14-15H,8-9H2,1-3H3. The van der Waals surface area contributed by atoms with E-state index in [1.807, 2.05) is 6.92 Å². The van der Waals surface area contributed by atoms with Gasteiger partial charge in [0.05, 0.1) is 6.61 Å². The Morgan fingerprint density at radius 2 is 1.81 bits per heavy atom. The molecule has 2 N–H and O–H groups in total. The second kappa shape index (κ2) is 6.94. The lowest BCUT2D eigenvalue weighted by Gasteiger charge is -2.10. The van der Waals surface area contributed by atoms with Gasteiger partial charge in [0.1, 0.15) is 0 Å². The summed E-state index contributed by atoms with van der Waals surface area (Å²) < 4.78 is 0. The highest BCUT2D eigenvalue weighted by Crippen LogP contribution is 2.22. The third-order valence-electron chi connectivity index (χ3n) is 2.23. The summed E-state index contributed by atoms with van der Waals surface area (Å²) in [5, 5.41) is 12.6. The zero-order valence-electron chi connectivity index (χ0n) is 10.2. The van der Waals surface area contributed by atoms with Crippen molar-refractivity contribution in [2.24, 2.45) is 0 Å². The van der Waals surface area contributed by atoms with E-state index in [4.69, 9.17) is 5.11 Å². The molecular weight excluding hydrogens is 218 g/mol. The fourth-order valence-electron chi connectivity index (χ4n) is 1.28. The fourth-order valence-corrected chi connectivity index (χ4v) is 2.11. The lowest BCUT2D eigenvalue weighted by atomic mass is 10.2. The minimum Gasteiger partial charge on any atom is -0.395 e. The number of rotatable bonds is 6. The third-order valence-corrected chi connectivity index (χ3v) is 3.33. The molecule has 1 unspecified atom stereocenters. The Morgan fingerprint density at radius 1 is 1.19 bits per heavy atom. The zero-order chi connectivity index (χ0) is 12.0. The monoisotopic (exact) mass is 239 g/mol. The maximum atomic E-state index is 8.97. The minimum atomic E-state index is 0.224. The van der Waals surface area contributed by atoms with E-state index in [9.17, 15) is 0 Å². The van der Waals surface area contributed by atoms with Gasteiger partial charge in [-0.3, -0.25) is 0 Å². The summed E-state index contributed by atoms with van der Waals surface area (Å²) in [6.07, 6.45) is 0. The van der Waals surface area contributed by atoms with Crippen LogP contribution in [0.5, 0.6) is 0 Å². The Balaban J connectivity index is 2.47. The molecule has 0 saturated heterocycles. The highest BCUT2D eigenvalue weighted by molar-refractivity contribution is 8.00. The Kier molecular flexibility index (Phi) is 5.88. The predicted octanol–water partition coefficient (Wildman–Crippen LogP) is 2.66. The quantitative estimate of drug-likeness (QED) is 0.749. The molecule has 0 aliphatic rings. The first kappa shape index (κ1) is 13.6. The van der Waals surface area contributed by atoms with Crippen molar-refractivity contribution in [2.45, 2.75) is 43.5 Å². The van der Waals surface area contributed by atoms with Gasteiger partial charge in [0.2, 0.25) is 0 Å². The number of hydrogen-bond donors (Lipinski definition) is 2. The SMILES string of the molecule is CC(C)NCc1ccc(SC(C)CO)cc1. The molecule has 16 heavy (non-hydrogen) atoms. The number of hydrogen-bond acceptors (Lipinski definition) is 3. The highest BCUT2D eigenvalue weighted by atomic mass is 32.2. The van der Waals surface area contributed by atoms with E-state index in [0.29, 0.717) is 6.04 Å². The van der Waals surface area contributed by atoms with Crippen molar-refractivity contribution in [1.29, 1.82) is 0 Å². The molecule has 0 radical (unpaired) electrons. The molecule has 1 rings (SSSR count). The Hall–Kier alpha value is -0.510. The largest absolute Gasteiger partial charge is 0.395 e. The van der Waals surface area contributed by atoms with Crippen molar-refractivity contribution < 1.29 is 5.11 Å². The smallest absolute Gasteiger partial charge is 0.0550 e. The van der Waals surface area contributed by atoms with Crippen LogP contribution in [-0.2, 0) is 6.54 Å². The molecule has 0 spiro atoms. The van der Waals surface area contributed by atoms with Crippen LogP contribution in [0, 0.1) is 0 Å². The van der Waals surface area contributed by atoms with E-state index in [0.717, 1.165) is 6.54 Å². The van der Waals surface area contributed by atoms with Gasteiger partial charge >= 0.3 is 0 Å². The maximum Gasteiger partial charge on any atom is 0.0550 e. The van der Waals surface area contributed by atoms with Gasteiger partial charge in [-0.2, -0.15) is 0 Å². The molecule has 0 saturated carbocycles. The average molecular weight is 239 g/mol. The van der Waals surface area contributed by atoms with Crippen LogP contribution in [0.2, 0.25) is 0 Å². The van der Waals surface area contributed by atoms with Gasteiger partial charge in [-0.25, -0.2) is 0 Å². The second-order valence-corrected chi connectivity index (χ2v) is 5.80. The van der Waals surface area contributed by atoms with Gasteiger partial charge in [0.15, 0.2) is 0 Å². The number of nitrogens with one attached hydrogen (secondary N) is 1. The third kappa shape index (κ3) is 5.01. The summed E-state index contributed by atoms with van der Waals surface area (Å²) in [6, 6.07) is 9.04. The van der Waals surface area contributed by atoms with Gasteiger partial charge in [-0.15, -0.1) is 11.8 Å². The van der Waals surface area contributed by atoms with Crippen LogP contribution in [0.25, 0.3) is 0 Å². The van der Waals surface area contributed by atoms with Gasteiger partial charge in [0.25, 0.3) is 0 Å². The molecule has 0 amide bonds. The molecule has 1 aromatic carbocycles. The first-order valence-electron chi connectivity index (χ1n) is 5.71. The van der Waals surface area contributed by atoms with Crippen molar-refractivity contribution >= 4 is 11.8 Å². The van der Waals surface area contributed by atoms with E-state index in [2.05, 4.69) is 43.4 Å². The van der Waals surface area contributed by atoms with Crippen molar-refractivity contribution in [3.8, 4) is 0 Å². The number of benzene rings is 1. The van der Waals surface area contributed by atoms with Crippen LogP contribution >= 0.6 is 11.8 Å². The molecule has 2 nitrogen and oxygen atoms in total. The van der Waals surface area contributed by atoms with E-state index in [-0.39, 0.29) is 11.9 Å². The normalized spacial score (nSPS) is 13.1. The number of aliphatic hydroxyl groups is 1. The highest BCUT2D eigenvalue weighted by Gasteiger charge is 2.02. The molecule has 0 heterocycles. The van der Waals surface area contributed by atoms with Crippen molar-refractivity contribution in [1.82, 2.24) is 5.32 Å². The van der Waals surface area contributed by atoms with Crippen LogP contribution in [0.1, 0.15) is 26.3 Å². The molecule has 90 valence electrons. The summed E-state index contributed by atoms with van der Waals surface area (Å²) in [6.45, 7) is 7.46.